The molecule has 0 unspecified atom stereocenters. The van der Waals surface area contributed by atoms with Gasteiger partial charge in [0.25, 0.3) is 5.91 Å². The molecule has 1 amide bonds. The van der Waals surface area contributed by atoms with Crippen molar-refractivity contribution in [3.8, 4) is 5.75 Å². The van der Waals surface area contributed by atoms with Gasteiger partial charge in [0.05, 0.1) is 32.0 Å². The fourth-order valence-electron chi connectivity index (χ4n) is 4.70. The highest BCUT2D eigenvalue weighted by Gasteiger charge is 2.37. The van der Waals surface area contributed by atoms with Crippen molar-refractivity contribution in [3.05, 3.63) is 65.2 Å². The van der Waals surface area contributed by atoms with Crippen LogP contribution in [0.2, 0.25) is 0 Å². The number of methoxy groups -OCH3 is 1. The van der Waals surface area contributed by atoms with E-state index in [-0.39, 0.29) is 30.5 Å². The molecule has 0 bridgehead atoms. The van der Waals surface area contributed by atoms with E-state index in [2.05, 4.69) is 24.3 Å². The minimum absolute atomic E-state index is 0.111. The molecule has 34 heavy (non-hydrogen) atoms. The first-order valence-corrected chi connectivity index (χ1v) is 12.0. The van der Waals surface area contributed by atoms with Gasteiger partial charge in [0.15, 0.2) is 0 Å². The number of carbonyl (C=O) groups is 2. The Morgan fingerprint density at radius 2 is 1.91 bits per heavy atom. The third kappa shape index (κ3) is 5.30. The fourth-order valence-corrected chi connectivity index (χ4v) is 4.70. The van der Waals surface area contributed by atoms with Crippen LogP contribution < -0.4 is 4.74 Å². The lowest BCUT2D eigenvalue weighted by molar-refractivity contribution is -0.152. The number of aryl methyl sites for hydroxylation is 1. The monoisotopic (exact) mass is 463 g/mol. The zero-order valence-electron chi connectivity index (χ0n) is 20.2. The molecule has 0 aromatic heterocycles. The number of esters is 1. The number of hydrogen-bond acceptors (Lipinski definition) is 6. The zero-order chi connectivity index (χ0) is 24.1. The molecule has 2 aromatic carbocycles. The number of nitrogens with zero attached hydrogens (tertiary/aromatic N) is 3. The summed E-state index contributed by atoms with van der Waals surface area (Å²) in [7, 11) is 1.64. The first-order chi connectivity index (χ1) is 16.5. The lowest BCUT2D eigenvalue weighted by Gasteiger charge is -2.34. The van der Waals surface area contributed by atoms with Crippen molar-refractivity contribution in [1.82, 2.24) is 9.91 Å². The van der Waals surface area contributed by atoms with Crippen LogP contribution in [0.1, 0.15) is 55.3 Å². The summed E-state index contributed by atoms with van der Waals surface area (Å²) in [6.45, 7) is 5.03. The quantitative estimate of drug-likeness (QED) is 0.578. The topological polar surface area (TPSA) is 71.4 Å². The SMILES string of the molecule is CCOC(=O)[C@@H]1CCCCN1CC(=O)N1N=C(c2cccc(OC)c2)C[C@@H]1c1ccc(C)cc1. The maximum absolute atomic E-state index is 13.6. The van der Waals surface area contributed by atoms with Gasteiger partial charge in [-0.05, 0) is 50.9 Å². The molecule has 2 atom stereocenters. The minimum atomic E-state index is -0.375. The Kier molecular flexibility index (Phi) is 7.63. The van der Waals surface area contributed by atoms with Gasteiger partial charge in [0, 0.05) is 12.0 Å². The molecular weight excluding hydrogens is 430 g/mol. The summed E-state index contributed by atoms with van der Waals surface area (Å²) in [6.07, 6.45) is 3.25. The number of ether oxygens (including phenoxy) is 2. The molecule has 0 spiro atoms. The number of hydrogen-bond donors (Lipinski definition) is 0. The third-order valence-electron chi connectivity index (χ3n) is 6.54. The van der Waals surface area contributed by atoms with Crippen molar-refractivity contribution in [3.63, 3.8) is 0 Å². The first-order valence-electron chi connectivity index (χ1n) is 12.0. The summed E-state index contributed by atoms with van der Waals surface area (Å²) in [5.41, 5.74) is 3.99. The number of likely N-dealkylation sites (tertiary alicyclic amines) is 1. The molecule has 2 aliphatic heterocycles. The molecular formula is C27H33N3O4. The lowest BCUT2D eigenvalue weighted by Crippen LogP contribution is -2.49. The molecule has 0 aliphatic carbocycles. The van der Waals surface area contributed by atoms with Crippen molar-refractivity contribution in [2.45, 2.75) is 51.6 Å². The average Bonchev–Trinajstić information content (AvgIpc) is 3.31. The van der Waals surface area contributed by atoms with Crippen LogP contribution in [0.25, 0.3) is 0 Å². The van der Waals surface area contributed by atoms with Gasteiger partial charge >= 0.3 is 5.97 Å². The van der Waals surface area contributed by atoms with E-state index in [0.29, 0.717) is 26.0 Å². The van der Waals surface area contributed by atoms with Gasteiger partial charge in [-0.1, -0.05) is 48.4 Å². The van der Waals surface area contributed by atoms with Crippen LogP contribution in [0.5, 0.6) is 5.75 Å². The Hall–Kier alpha value is -3.19. The number of carbonyl (C=O) groups excluding carboxylic acids is 2. The molecule has 1 saturated heterocycles. The summed E-state index contributed by atoms with van der Waals surface area (Å²) in [6, 6.07) is 15.4. The van der Waals surface area contributed by atoms with Crippen LogP contribution in [-0.2, 0) is 14.3 Å². The molecule has 0 radical (unpaired) electrons. The number of piperidine rings is 1. The van der Waals surface area contributed by atoms with Crippen LogP contribution in [0.15, 0.2) is 53.6 Å². The number of amides is 1. The predicted molar refractivity (Wildman–Crippen MR) is 131 cm³/mol. The van der Waals surface area contributed by atoms with E-state index in [9.17, 15) is 9.59 Å². The molecule has 0 N–H and O–H groups in total. The van der Waals surface area contributed by atoms with Gasteiger partial charge in [-0.3, -0.25) is 14.5 Å². The summed E-state index contributed by atoms with van der Waals surface area (Å²) >= 11 is 0. The fraction of sp³-hybridized carbons (Fsp3) is 0.444. The number of hydrazone groups is 1. The Morgan fingerprint density at radius 3 is 2.65 bits per heavy atom. The summed E-state index contributed by atoms with van der Waals surface area (Å²) < 4.78 is 10.7. The smallest absolute Gasteiger partial charge is 0.323 e. The third-order valence-corrected chi connectivity index (χ3v) is 6.54. The Labute approximate surface area is 201 Å². The lowest BCUT2D eigenvalue weighted by atomic mass is 9.97. The van der Waals surface area contributed by atoms with Crippen LogP contribution in [0.4, 0.5) is 0 Å². The zero-order valence-corrected chi connectivity index (χ0v) is 20.2. The predicted octanol–water partition coefficient (Wildman–Crippen LogP) is 4.10. The van der Waals surface area contributed by atoms with Gasteiger partial charge in [0.1, 0.15) is 11.8 Å². The molecule has 4 rings (SSSR count). The second-order valence-corrected chi connectivity index (χ2v) is 8.88. The Balaban J connectivity index is 1.60. The highest BCUT2D eigenvalue weighted by Crippen LogP contribution is 2.34. The molecule has 7 nitrogen and oxygen atoms in total. The normalized spacial score (nSPS) is 20.7. The number of benzene rings is 2. The highest BCUT2D eigenvalue weighted by atomic mass is 16.5. The van der Waals surface area contributed by atoms with E-state index < -0.39 is 0 Å². The van der Waals surface area contributed by atoms with E-state index in [1.807, 2.05) is 36.1 Å². The Morgan fingerprint density at radius 1 is 1.12 bits per heavy atom. The van der Waals surface area contributed by atoms with E-state index in [1.54, 1.807) is 19.0 Å². The minimum Gasteiger partial charge on any atom is -0.497 e. The van der Waals surface area contributed by atoms with Crippen molar-refractivity contribution in [2.75, 3.05) is 26.8 Å². The van der Waals surface area contributed by atoms with E-state index in [1.165, 1.54) is 5.56 Å². The second-order valence-electron chi connectivity index (χ2n) is 8.88. The molecule has 180 valence electrons. The standard InChI is InChI=1S/C27H33N3O4/c1-4-34-27(32)24-10-5-6-15-29(24)18-26(31)30-25(20-13-11-19(2)12-14-20)17-23(28-30)21-8-7-9-22(16-21)33-3/h7-9,11-14,16,24-25H,4-6,10,15,17-18H2,1-3H3/t24-,25+/m0/s1. The van der Waals surface area contributed by atoms with Gasteiger partial charge in [-0.15, -0.1) is 0 Å². The Bertz CT molecular complexity index is 1050. The van der Waals surface area contributed by atoms with Crippen molar-refractivity contribution >= 4 is 17.6 Å². The molecule has 2 aliphatic rings. The maximum Gasteiger partial charge on any atom is 0.323 e. The molecule has 2 heterocycles. The van der Waals surface area contributed by atoms with Gasteiger partial charge in [-0.25, -0.2) is 5.01 Å². The van der Waals surface area contributed by atoms with Crippen molar-refractivity contribution in [2.24, 2.45) is 5.10 Å². The van der Waals surface area contributed by atoms with Crippen molar-refractivity contribution < 1.29 is 19.1 Å². The van der Waals surface area contributed by atoms with Crippen LogP contribution in [0, 0.1) is 6.92 Å². The molecule has 7 heteroatoms. The molecule has 1 fully saturated rings. The number of rotatable bonds is 7. The summed E-state index contributed by atoms with van der Waals surface area (Å²) in [4.78, 5) is 28.0. The van der Waals surface area contributed by atoms with Crippen LogP contribution >= 0.6 is 0 Å². The summed E-state index contributed by atoms with van der Waals surface area (Å²) in [5, 5.41) is 6.40. The van der Waals surface area contributed by atoms with E-state index >= 15 is 0 Å². The molecule has 0 saturated carbocycles. The van der Waals surface area contributed by atoms with Crippen molar-refractivity contribution in [1.29, 1.82) is 0 Å². The van der Waals surface area contributed by atoms with Gasteiger partial charge in [0.2, 0.25) is 0 Å². The largest absolute Gasteiger partial charge is 0.497 e. The second kappa shape index (κ2) is 10.8. The van der Waals surface area contributed by atoms with E-state index in [4.69, 9.17) is 14.6 Å². The average molecular weight is 464 g/mol. The van der Waals surface area contributed by atoms with E-state index in [0.717, 1.165) is 35.4 Å². The maximum atomic E-state index is 13.6. The molecule has 2 aromatic rings. The van der Waals surface area contributed by atoms with Crippen LogP contribution in [0.3, 0.4) is 0 Å². The summed E-state index contributed by atoms with van der Waals surface area (Å²) in [5.74, 6) is 0.397. The highest BCUT2D eigenvalue weighted by molar-refractivity contribution is 6.03. The first kappa shape index (κ1) is 24.0. The van der Waals surface area contributed by atoms with Crippen LogP contribution in [-0.4, -0.2) is 60.3 Å². The van der Waals surface area contributed by atoms with Gasteiger partial charge < -0.3 is 9.47 Å². The van der Waals surface area contributed by atoms with Gasteiger partial charge in [-0.2, -0.15) is 5.10 Å².